The summed E-state index contributed by atoms with van der Waals surface area (Å²) in [7, 11) is 0. The van der Waals surface area contributed by atoms with Gasteiger partial charge < -0.3 is 4.90 Å². The van der Waals surface area contributed by atoms with Crippen molar-refractivity contribution in [3.8, 4) is 0 Å². The lowest BCUT2D eigenvalue weighted by Crippen LogP contribution is -2.31. The number of thiophene rings is 1. The molecule has 0 aliphatic heterocycles. The molecule has 0 N–H and O–H groups in total. The van der Waals surface area contributed by atoms with Crippen LogP contribution in [0.4, 0.5) is 0 Å². The van der Waals surface area contributed by atoms with Crippen LogP contribution in [-0.4, -0.2) is 16.8 Å². The summed E-state index contributed by atoms with van der Waals surface area (Å²) >= 11 is 5.07. The molecule has 4 heteroatoms. The Kier molecular flexibility index (Phi) is 4.79. The Morgan fingerprint density at radius 3 is 2.59 bits per heavy atom. The second kappa shape index (κ2) is 6.80. The molecule has 1 aliphatic rings. The molecule has 2 aromatic rings. The van der Waals surface area contributed by atoms with Gasteiger partial charge in [-0.05, 0) is 59.5 Å². The quantitative estimate of drug-likeness (QED) is 0.671. The number of amides is 1. The van der Waals surface area contributed by atoms with Crippen molar-refractivity contribution in [2.24, 2.45) is 0 Å². The Morgan fingerprint density at radius 1 is 1.27 bits per heavy atom. The summed E-state index contributed by atoms with van der Waals surface area (Å²) in [5.41, 5.74) is 2.44. The third-order valence-electron chi connectivity index (χ3n) is 3.73. The third kappa shape index (κ3) is 4.08. The van der Waals surface area contributed by atoms with Gasteiger partial charge in [0.15, 0.2) is 0 Å². The number of halogens is 1. The minimum atomic E-state index is 0.104. The molecular formula is C18H18BrNOS. The Morgan fingerprint density at radius 2 is 2.00 bits per heavy atom. The number of carbonyl (C=O) groups excluding carboxylic acids is 1. The van der Waals surface area contributed by atoms with Gasteiger partial charge in [-0.3, -0.25) is 4.79 Å². The number of carbonyl (C=O) groups is 1. The molecule has 0 spiro atoms. The summed E-state index contributed by atoms with van der Waals surface area (Å²) in [5, 5.41) is 0. The van der Waals surface area contributed by atoms with E-state index in [4.69, 9.17) is 0 Å². The van der Waals surface area contributed by atoms with Gasteiger partial charge in [0.1, 0.15) is 0 Å². The van der Waals surface area contributed by atoms with Crippen molar-refractivity contribution < 1.29 is 4.79 Å². The van der Waals surface area contributed by atoms with E-state index in [0.717, 1.165) is 21.5 Å². The molecule has 1 fully saturated rings. The molecule has 2 nitrogen and oxygen atoms in total. The van der Waals surface area contributed by atoms with E-state index in [-0.39, 0.29) is 5.91 Å². The van der Waals surface area contributed by atoms with Gasteiger partial charge in [0, 0.05) is 23.5 Å². The van der Waals surface area contributed by atoms with E-state index in [1.54, 1.807) is 17.4 Å². The third-order valence-corrected chi connectivity index (χ3v) is 5.32. The molecule has 1 amide bonds. The molecule has 0 bridgehead atoms. The summed E-state index contributed by atoms with van der Waals surface area (Å²) in [6.45, 7) is 2.78. The van der Waals surface area contributed by atoms with Crippen LogP contribution < -0.4 is 0 Å². The summed E-state index contributed by atoms with van der Waals surface area (Å²) < 4.78 is 1.08. The molecule has 1 heterocycles. The number of hydrogen-bond acceptors (Lipinski definition) is 2. The fourth-order valence-corrected chi connectivity index (χ4v) is 3.66. The van der Waals surface area contributed by atoms with Gasteiger partial charge in [-0.2, -0.15) is 0 Å². The molecule has 1 saturated carbocycles. The maximum absolute atomic E-state index is 12.5. The Labute approximate surface area is 143 Å². The first-order valence-electron chi connectivity index (χ1n) is 7.41. The highest BCUT2D eigenvalue weighted by Crippen LogP contribution is 2.29. The normalized spacial score (nSPS) is 14.5. The SMILES string of the molecule is Cc1ccc(CN(C(=O)/C=C/c2ccc(Br)s2)C2CC2)cc1. The van der Waals surface area contributed by atoms with Crippen LogP contribution in [0.3, 0.4) is 0 Å². The van der Waals surface area contributed by atoms with Crippen molar-refractivity contribution in [2.75, 3.05) is 0 Å². The number of nitrogens with zero attached hydrogens (tertiary/aromatic N) is 1. The molecule has 1 aromatic heterocycles. The predicted molar refractivity (Wildman–Crippen MR) is 95.8 cm³/mol. The Balaban J connectivity index is 1.69. The molecule has 114 valence electrons. The van der Waals surface area contributed by atoms with E-state index >= 15 is 0 Å². The molecule has 0 atom stereocenters. The first-order valence-corrected chi connectivity index (χ1v) is 9.02. The zero-order valence-electron chi connectivity index (χ0n) is 12.5. The summed E-state index contributed by atoms with van der Waals surface area (Å²) in [6, 6.07) is 12.8. The molecule has 1 aliphatic carbocycles. The fourth-order valence-electron chi connectivity index (χ4n) is 2.33. The van der Waals surface area contributed by atoms with Crippen molar-refractivity contribution in [2.45, 2.75) is 32.4 Å². The Bertz CT molecular complexity index is 685. The van der Waals surface area contributed by atoms with Gasteiger partial charge in [-0.25, -0.2) is 0 Å². The highest BCUT2D eigenvalue weighted by Gasteiger charge is 2.31. The summed E-state index contributed by atoms with van der Waals surface area (Å²) in [5.74, 6) is 0.104. The minimum absolute atomic E-state index is 0.104. The van der Waals surface area contributed by atoms with Gasteiger partial charge in [0.25, 0.3) is 0 Å². The van der Waals surface area contributed by atoms with Gasteiger partial charge in [-0.1, -0.05) is 29.8 Å². The maximum Gasteiger partial charge on any atom is 0.247 e. The average Bonchev–Trinajstić information content (AvgIpc) is 3.26. The second-order valence-electron chi connectivity index (χ2n) is 5.66. The van der Waals surface area contributed by atoms with Crippen LogP contribution >= 0.6 is 27.3 Å². The van der Waals surface area contributed by atoms with Crippen LogP contribution in [0, 0.1) is 6.92 Å². The van der Waals surface area contributed by atoms with Crippen LogP contribution in [0.15, 0.2) is 46.3 Å². The largest absolute Gasteiger partial charge is 0.332 e. The standard InChI is InChI=1S/C18H18BrNOS/c1-13-2-4-14(5-3-13)12-20(15-6-7-15)18(21)11-9-16-8-10-17(19)22-16/h2-5,8-11,15H,6-7,12H2,1H3/b11-9+. The van der Waals surface area contributed by atoms with E-state index < -0.39 is 0 Å². The smallest absolute Gasteiger partial charge is 0.247 e. The van der Waals surface area contributed by atoms with Crippen molar-refractivity contribution in [3.63, 3.8) is 0 Å². The van der Waals surface area contributed by atoms with Gasteiger partial charge in [0.05, 0.1) is 3.79 Å². The fraction of sp³-hybridized carbons (Fsp3) is 0.278. The van der Waals surface area contributed by atoms with Crippen LogP contribution in [0.5, 0.6) is 0 Å². The second-order valence-corrected chi connectivity index (χ2v) is 8.15. The van der Waals surface area contributed by atoms with E-state index in [0.29, 0.717) is 12.6 Å². The summed E-state index contributed by atoms with van der Waals surface area (Å²) in [4.78, 5) is 15.6. The first kappa shape index (κ1) is 15.5. The van der Waals surface area contributed by atoms with Crippen LogP contribution in [-0.2, 0) is 11.3 Å². The molecule has 0 unspecified atom stereocenters. The van der Waals surface area contributed by atoms with Crippen LogP contribution in [0.25, 0.3) is 6.08 Å². The molecule has 3 rings (SSSR count). The molecule has 0 radical (unpaired) electrons. The zero-order valence-corrected chi connectivity index (χ0v) is 14.9. The van der Waals surface area contributed by atoms with Gasteiger partial charge in [0.2, 0.25) is 5.91 Å². The van der Waals surface area contributed by atoms with Gasteiger partial charge >= 0.3 is 0 Å². The van der Waals surface area contributed by atoms with Gasteiger partial charge in [-0.15, -0.1) is 11.3 Å². The van der Waals surface area contributed by atoms with E-state index in [9.17, 15) is 4.79 Å². The van der Waals surface area contributed by atoms with E-state index in [2.05, 4.69) is 47.1 Å². The lowest BCUT2D eigenvalue weighted by Gasteiger charge is -2.21. The number of rotatable bonds is 5. The lowest BCUT2D eigenvalue weighted by molar-refractivity contribution is -0.127. The van der Waals surface area contributed by atoms with E-state index in [1.807, 2.05) is 23.1 Å². The number of hydrogen-bond donors (Lipinski definition) is 0. The highest BCUT2D eigenvalue weighted by atomic mass is 79.9. The van der Waals surface area contributed by atoms with Crippen LogP contribution in [0.1, 0.15) is 28.8 Å². The molecular weight excluding hydrogens is 358 g/mol. The first-order chi connectivity index (χ1) is 10.6. The topological polar surface area (TPSA) is 20.3 Å². The van der Waals surface area contributed by atoms with Crippen LogP contribution in [0.2, 0.25) is 0 Å². The average molecular weight is 376 g/mol. The summed E-state index contributed by atoms with van der Waals surface area (Å²) in [6.07, 6.45) is 5.85. The predicted octanol–water partition coefficient (Wildman–Crippen LogP) is 5.02. The number of aryl methyl sites for hydroxylation is 1. The monoisotopic (exact) mass is 375 g/mol. The van der Waals surface area contributed by atoms with Crippen molar-refractivity contribution in [3.05, 3.63) is 62.3 Å². The molecule has 0 saturated heterocycles. The molecule has 22 heavy (non-hydrogen) atoms. The minimum Gasteiger partial charge on any atom is -0.332 e. The lowest BCUT2D eigenvalue weighted by atomic mass is 10.1. The zero-order chi connectivity index (χ0) is 15.5. The number of benzene rings is 1. The maximum atomic E-state index is 12.5. The van der Waals surface area contributed by atoms with Crippen molar-refractivity contribution >= 4 is 39.2 Å². The van der Waals surface area contributed by atoms with Crippen molar-refractivity contribution in [1.29, 1.82) is 0 Å². The Hall–Kier alpha value is -1.39. The molecule has 1 aromatic carbocycles. The van der Waals surface area contributed by atoms with E-state index in [1.165, 1.54) is 11.1 Å². The highest BCUT2D eigenvalue weighted by molar-refractivity contribution is 9.11. The van der Waals surface area contributed by atoms with Crippen molar-refractivity contribution in [1.82, 2.24) is 4.90 Å².